The number of halogens is 1. The van der Waals surface area contributed by atoms with Gasteiger partial charge in [-0.25, -0.2) is 4.39 Å². The summed E-state index contributed by atoms with van der Waals surface area (Å²) in [4.78, 5) is 25.5. The fourth-order valence-electron chi connectivity index (χ4n) is 3.24. The Labute approximate surface area is 122 Å². The molecule has 1 aliphatic carbocycles. The number of carbonyl (C=O) groups is 2. The molecule has 2 aliphatic rings. The third kappa shape index (κ3) is 2.41. The van der Waals surface area contributed by atoms with Crippen molar-refractivity contribution in [1.29, 1.82) is 0 Å². The van der Waals surface area contributed by atoms with E-state index >= 15 is 0 Å². The van der Waals surface area contributed by atoms with Crippen molar-refractivity contribution in [2.75, 3.05) is 13.1 Å². The molecule has 3 rings (SSSR count). The summed E-state index contributed by atoms with van der Waals surface area (Å²) in [7, 11) is 0. The molecule has 0 spiro atoms. The minimum atomic E-state index is -0.858. The first-order valence-electron chi connectivity index (χ1n) is 7.32. The van der Waals surface area contributed by atoms with Gasteiger partial charge in [-0.3, -0.25) is 9.59 Å². The van der Waals surface area contributed by atoms with E-state index in [1.165, 1.54) is 6.07 Å². The van der Waals surface area contributed by atoms with Gasteiger partial charge in [0.05, 0.1) is 11.3 Å². The van der Waals surface area contributed by atoms with Crippen LogP contribution in [-0.4, -0.2) is 35.0 Å². The molecule has 112 valence electrons. The minimum Gasteiger partial charge on any atom is -0.481 e. The molecular weight excluding hydrogens is 273 g/mol. The highest BCUT2D eigenvalue weighted by Gasteiger charge is 2.54. The molecule has 1 aliphatic heterocycles. The fourth-order valence-corrected chi connectivity index (χ4v) is 3.24. The predicted octanol–water partition coefficient (Wildman–Crippen LogP) is 2.18. The molecule has 1 unspecified atom stereocenters. The number of benzene rings is 1. The number of rotatable bonds is 3. The Kier molecular flexibility index (Phi) is 3.43. The van der Waals surface area contributed by atoms with Crippen molar-refractivity contribution in [1.82, 2.24) is 4.90 Å². The van der Waals surface area contributed by atoms with E-state index in [4.69, 9.17) is 5.11 Å². The van der Waals surface area contributed by atoms with Gasteiger partial charge in [0.15, 0.2) is 0 Å². The number of nitrogens with zero attached hydrogens (tertiary/aromatic N) is 1. The summed E-state index contributed by atoms with van der Waals surface area (Å²) in [6.45, 7) is 0.809. The number of carbonyl (C=O) groups excluding carboxylic acids is 1. The van der Waals surface area contributed by atoms with Crippen molar-refractivity contribution >= 4 is 11.9 Å². The standard InChI is InChI=1S/C16H18FNO3/c17-13-6-2-1-5-12(13)16(7-8-16)15(21)18-9-3-4-11(10-18)14(19)20/h1-2,5-6,11H,3-4,7-10H2,(H,19,20). The highest BCUT2D eigenvalue weighted by molar-refractivity contribution is 5.91. The van der Waals surface area contributed by atoms with Crippen LogP contribution in [0.15, 0.2) is 24.3 Å². The molecule has 1 saturated carbocycles. The molecule has 1 saturated heterocycles. The van der Waals surface area contributed by atoms with Crippen molar-refractivity contribution in [3.8, 4) is 0 Å². The molecule has 0 radical (unpaired) electrons. The monoisotopic (exact) mass is 291 g/mol. The van der Waals surface area contributed by atoms with Gasteiger partial charge in [-0.15, -0.1) is 0 Å². The molecule has 5 heteroatoms. The van der Waals surface area contributed by atoms with Gasteiger partial charge in [-0.2, -0.15) is 0 Å². The van der Waals surface area contributed by atoms with E-state index in [2.05, 4.69) is 0 Å². The number of aliphatic carboxylic acids is 1. The van der Waals surface area contributed by atoms with E-state index in [9.17, 15) is 14.0 Å². The molecule has 1 aromatic carbocycles. The van der Waals surface area contributed by atoms with Crippen LogP contribution in [0.5, 0.6) is 0 Å². The highest BCUT2D eigenvalue weighted by Crippen LogP contribution is 2.50. The van der Waals surface area contributed by atoms with E-state index in [0.717, 1.165) is 0 Å². The molecule has 1 amide bonds. The zero-order valence-corrected chi connectivity index (χ0v) is 11.7. The van der Waals surface area contributed by atoms with E-state index in [-0.39, 0.29) is 18.3 Å². The van der Waals surface area contributed by atoms with Gasteiger partial charge in [0.2, 0.25) is 5.91 Å². The van der Waals surface area contributed by atoms with Crippen LogP contribution in [0.4, 0.5) is 4.39 Å². The van der Waals surface area contributed by atoms with Crippen molar-refractivity contribution in [3.63, 3.8) is 0 Å². The molecule has 0 bridgehead atoms. The zero-order valence-electron chi connectivity index (χ0n) is 11.7. The summed E-state index contributed by atoms with van der Waals surface area (Å²) >= 11 is 0. The maximum Gasteiger partial charge on any atom is 0.308 e. The first kappa shape index (κ1) is 14.0. The van der Waals surface area contributed by atoms with Crippen LogP contribution in [-0.2, 0) is 15.0 Å². The SMILES string of the molecule is O=C(O)C1CCCN(C(=O)C2(c3ccccc3F)CC2)C1. The molecular formula is C16H18FNO3. The van der Waals surface area contributed by atoms with Gasteiger partial charge in [0, 0.05) is 18.7 Å². The van der Waals surface area contributed by atoms with Crippen LogP contribution < -0.4 is 0 Å². The molecule has 1 aromatic rings. The lowest BCUT2D eigenvalue weighted by molar-refractivity contribution is -0.146. The van der Waals surface area contributed by atoms with Gasteiger partial charge in [-0.1, -0.05) is 18.2 Å². The number of likely N-dealkylation sites (tertiary alicyclic amines) is 1. The maximum atomic E-state index is 14.0. The van der Waals surface area contributed by atoms with Crippen molar-refractivity contribution < 1.29 is 19.1 Å². The molecule has 21 heavy (non-hydrogen) atoms. The summed E-state index contributed by atoms with van der Waals surface area (Å²) in [6.07, 6.45) is 2.57. The van der Waals surface area contributed by atoms with Crippen molar-refractivity contribution in [3.05, 3.63) is 35.6 Å². The lowest BCUT2D eigenvalue weighted by atomic mass is 9.91. The van der Waals surface area contributed by atoms with Crippen LogP contribution in [0.25, 0.3) is 0 Å². The number of hydrogen-bond acceptors (Lipinski definition) is 2. The molecule has 1 atom stereocenters. The van der Waals surface area contributed by atoms with E-state index in [1.807, 2.05) is 0 Å². The normalized spacial score (nSPS) is 23.7. The Morgan fingerprint density at radius 1 is 1.29 bits per heavy atom. The van der Waals surface area contributed by atoms with Crippen LogP contribution >= 0.6 is 0 Å². The van der Waals surface area contributed by atoms with Crippen LogP contribution in [0.3, 0.4) is 0 Å². The second-order valence-corrected chi connectivity index (χ2v) is 5.99. The van der Waals surface area contributed by atoms with Gasteiger partial charge in [0.1, 0.15) is 5.82 Å². The third-order valence-corrected chi connectivity index (χ3v) is 4.61. The number of hydrogen-bond donors (Lipinski definition) is 1. The number of carboxylic acids is 1. The second kappa shape index (κ2) is 5.13. The van der Waals surface area contributed by atoms with Gasteiger partial charge in [-0.05, 0) is 31.7 Å². The lowest BCUT2D eigenvalue weighted by Gasteiger charge is -2.33. The Balaban J connectivity index is 1.82. The van der Waals surface area contributed by atoms with Gasteiger partial charge < -0.3 is 10.0 Å². The van der Waals surface area contributed by atoms with E-state index in [0.29, 0.717) is 37.8 Å². The summed E-state index contributed by atoms with van der Waals surface area (Å²) < 4.78 is 14.0. The Bertz CT molecular complexity index is 583. The average Bonchev–Trinajstić information content (AvgIpc) is 3.28. The molecule has 1 N–H and O–H groups in total. The Morgan fingerprint density at radius 3 is 2.62 bits per heavy atom. The minimum absolute atomic E-state index is 0.112. The van der Waals surface area contributed by atoms with Gasteiger partial charge in [0.25, 0.3) is 0 Å². The summed E-state index contributed by atoms with van der Waals surface area (Å²) in [5.74, 6) is -1.82. The number of amides is 1. The van der Waals surface area contributed by atoms with E-state index < -0.39 is 17.3 Å². The van der Waals surface area contributed by atoms with Crippen LogP contribution in [0, 0.1) is 11.7 Å². The molecule has 0 aromatic heterocycles. The molecule has 4 nitrogen and oxygen atoms in total. The van der Waals surface area contributed by atoms with Crippen molar-refractivity contribution in [2.24, 2.45) is 5.92 Å². The van der Waals surface area contributed by atoms with Gasteiger partial charge >= 0.3 is 5.97 Å². The summed E-state index contributed by atoms with van der Waals surface area (Å²) in [5, 5.41) is 9.12. The lowest BCUT2D eigenvalue weighted by Crippen LogP contribution is -2.46. The number of piperidine rings is 1. The largest absolute Gasteiger partial charge is 0.481 e. The molecule has 2 fully saturated rings. The first-order chi connectivity index (χ1) is 10.0. The Morgan fingerprint density at radius 2 is 2.00 bits per heavy atom. The van der Waals surface area contributed by atoms with Crippen molar-refractivity contribution in [2.45, 2.75) is 31.1 Å². The third-order valence-electron chi connectivity index (χ3n) is 4.61. The zero-order chi connectivity index (χ0) is 15.0. The van der Waals surface area contributed by atoms with Crippen LogP contribution in [0.2, 0.25) is 0 Å². The first-order valence-corrected chi connectivity index (χ1v) is 7.32. The Hall–Kier alpha value is -1.91. The van der Waals surface area contributed by atoms with E-state index in [1.54, 1.807) is 23.1 Å². The quantitative estimate of drug-likeness (QED) is 0.928. The molecule has 1 heterocycles. The predicted molar refractivity (Wildman–Crippen MR) is 74.3 cm³/mol. The highest BCUT2D eigenvalue weighted by atomic mass is 19.1. The fraction of sp³-hybridized carbons (Fsp3) is 0.500. The smallest absolute Gasteiger partial charge is 0.308 e. The average molecular weight is 291 g/mol. The number of carboxylic acid groups (broad SMARTS) is 1. The maximum absolute atomic E-state index is 14.0. The summed E-state index contributed by atoms with van der Waals surface area (Å²) in [6, 6.07) is 6.39. The second-order valence-electron chi connectivity index (χ2n) is 5.99. The summed E-state index contributed by atoms with van der Waals surface area (Å²) in [5.41, 5.74) is -0.307. The topological polar surface area (TPSA) is 57.6 Å². The van der Waals surface area contributed by atoms with Crippen LogP contribution in [0.1, 0.15) is 31.2 Å².